The van der Waals surface area contributed by atoms with Crippen molar-refractivity contribution >= 4 is 5.97 Å². The molecule has 6 heteroatoms. The van der Waals surface area contributed by atoms with Gasteiger partial charge >= 0.3 is 5.97 Å². The molecule has 0 bridgehead atoms. The number of esters is 1. The summed E-state index contributed by atoms with van der Waals surface area (Å²) in [5, 5.41) is 0. The lowest BCUT2D eigenvalue weighted by molar-refractivity contribution is -0.169. The quantitative estimate of drug-likeness (QED) is 0.0783. The minimum atomic E-state index is -0.384. The molecule has 264 valence electrons. The molecule has 0 saturated heterocycles. The van der Waals surface area contributed by atoms with Gasteiger partial charge < -0.3 is 23.7 Å². The molecule has 0 amide bonds. The van der Waals surface area contributed by atoms with E-state index in [4.69, 9.17) is 23.7 Å². The van der Waals surface area contributed by atoms with Crippen molar-refractivity contribution < 1.29 is 28.5 Å². The van der Waals surface area contributed by atoms with Gasteiger partial charge in [0.2, 0.25) is 0 Å². The fraction of sp³-hybridized carbons (Fsp3) is 0.974. The van der Waals surface area contributed by atoms with E-state index < -0.39 is 0 Å². The van der Waals surface area contributed by atoms with Gasteiger partial charge in [-0.3, -0.25) is 4.79 Å². The van der Waals surface area contributed by atoms with Gasteiger partial charge in [0.25, 0.3) is 0 Å². The van der Waals surface area contributed by atoms with Crippen molar-refractivity contribution in [1.82, 2.24) is 0 Å². The van der Waals surface area contributed by atoms with Crippen LogP contribution in [0, 0.1) is 28.6 Å². The van der Waals surface area contributed by atoms with Crippen LogP contribution in [0.2, 0.25) is 0 Å². The molecule has 0 radical (unpaired) electrons. The van der Waals surface area contributed by atoms with Gasteiger partial charge in [0.1, 0.15) is 6.61 Å². The van der Waals surface area contributed by atoms with Gasteiger partial charge in [0, 0.05) is 6.61 Å². The van der Waals surface area contributed by atoms with E-state index in [-0.39, 0.29) is 58.3 Å². The van der Waals surface area contributed by atoms with Crippen LogP contribution in [0.4, 0.5) is 0 Å². The Hall–Kier alpha value is -0.690. The highest BCUT2D eigenvalue weighted by atomic mass is 16.6. The third-order valence-corrected chi connectivity index (χ3v) is 10.7. The average Bonchev–Trinajstić information content (AvgIpc) is 2.87. The summed E-state index contributed by atoms with van der Waals surface area (Å²) in [6.07, 6.45) is 5.81. The number of hydrogen-bond acceptors (Lipinski definition) is 6. The normalized spacial score (nSPS) is 16.6. The Morgan fingerprint density at radius 3 is 1.77 bits per heavy atom. The van der Waals surface area contributed by atoms with E-state index in [2.05, 4.69) is 118 Å². The summed E-state index contributed by atoms with van der Waals surface area (Å²) < 4.78 is 30.9. The van der Waals surface area contributed by atoms with E-state index in [1.165, 1.54) is 0 Å². The predicted octanol–water partition coefficient (Wildman–Crippen LogP) is 10.0. The van der Waals surface area contributed by atoms with Crippen molar-refractivity contribution in [3.8, 4) is 0 Å². The Morgan fingerprint density at radius 1 is 0.659 bits per heavy atom. The van der Waals surface area contributed by atoms with Gasteiger partial charge in [-0.15, -0.1) is 0 Å². The number of carbonyl (C=O) groups excluding carboxylic acids is 1. The molecule has 44 heavy (non-hydrogen) atoms. The molecule has 0 spiro atoms. The number of hydrogen-bond donors (Lipinski definition) is 0. The van der Waals surface area contributed by atoms with Gasteiger partial charge in [-0.2, -0.15) is 0 Å². The minimum absolute atomic E-state index is 0.0283. The van der Waals surface area contributed by atoms with E-state index in [1.54, 1.807) is 0 Å². The van der Waals surface area contributed by atoms with Crippen LogP contribution in [0.1, 0.15) is 156 Å². The fourth-order valence-electron chi connectivity index (χ4n) is 5.35. The van der Waals surface area contributed by atoms with Crippen molar-refractivity contribution in [2.75, 3.05) is 26.4 Å². The molecule has 0 N–H and O–H groups in total. The van der Waals surface area contributed by atoms with E-state index in [0.29, 0.717) is 25.0 Å². The largest absolute Gasteiger partial charge is 0.463 e. The smallest absolute Gasteiger partial charge is 0.309 e. The highest BCUT2D eigenvalue weighted by Crippen LogP contribution is 2.42. The molecule has 0 aliphatic carbocycles. The Labute approximate surface area is 274 Å². The zero-order valence-electron chi connectivity index (χ0n) is 32.4. The second kappa shape index (κ2) is 18.6. The van der Waals surface area contributed by atoms with Crippen molar-refractivity contribution in [3.05, 3.63) is 0 Å². The maximum absolute atomic E-state index is 12.9. The maximum Gasteiger partial charge on any atom is 0.309 e. The maximum atomic E-state index is 12.9. The minimum Gasteiger partial charge on any atom is -0.463 e. The first kappa shape index (κ1) is 43.3. The molecule has 0 saturated carbocycles. The number of carbonyl (C=O) groups is 1. The van der Waals surface area contributed by atoms with Gasteiger partial charge in [-0.1, -0.05) is 68.2 Å². The first-order valence-electron chi connectivity index (χ1n) is 17.7. The lowest BCUT2D eigenvalue weighted by Gasteiger charge is -2.47. The lowest BCUT2D eigenvalue weighted by Crippen LogP contribution is -2.48. The van der Waals surface area contributed by atoms with Gasteiger partial charge in [0.15, 0.2) is 0 Å². The first-order valence-corrected chi connectivity index (χ1v) is 17.7. The fourth-order valence-corrected chi connectivity index (χ4v) is 5.35. The van der Waals surface area contributed by atoms with E-state index in [1.807, 2.05) is 0 Å². The number of rotatable bonds is 24. The van der Waals surface area contributed by atoms with E-state index in [9.17, 15) is 4.79 Å². The SMILES string of the molecule is CCC(C)CC(C(=O)OCCOC(C)(C)CCOC(C)(C)C(C)(C)CC(C)OC(C)(C)C(C)(C)CCOC(C)C)C(C)CC. The molecule has 4 unspecified atom stereocenters. The van der Waals surface area contributed by atoms with Crippen LogP contribution in [0.5, 0.6) is 0 Å². The standard InChI is InChI=1S/C38H76O6/c1-18-29(5)26-32(30(6)19-2)33(39)41-24-25-42-36(12,13)21-23-43-37(14,15)35(10,11)27-31(7)44-38(16,17)34(8,9)20-22-40-28(3)4/h28-32H,18-27H2,1-17H3. The molecule has 0 heterocycles. The molecule has 0 aliphatic heterocycles. The van der Waals surface area contributed by atoms with E-state index >= 15 is 0 Å². The zero-order chi connectivity index (χ0) is 34.6. The van der Waals surface area contributed by atoms with Crippen molar-refractivity contribution in [2.24, 2.45) is 28.6 Å². The average molecular weight is 629 g/mol. The molecule has 0 aliphatic rings. The first-order chi connectivity index (χ1) is 19.9. The summed E-state index contributed by atoms with van der Waals surface area (Å²) in [5.41, 5.74) is -1.19. The molecular weight excluding hydrogens is 552 g/mol. The monoisotopic (exact) mass is 629 g/mol. The Kier molecular flexibility index (Phi) is 18.3. The third-order valence-electron chi connectivity index (χ3n) is 10.7. The van der Waals surface area contributed by atoms with Crippen LogP contribution in [0.25, 0.3) is 0 Å². The zero-order valence-corrected chi connectivity index (χ0v) is 32.4. The molecule has 0 aromatic heterocycles. The molecule has 6 nitrogen and oxygen atoms in total. The van der Waals surface area contributed by atoms with Crippen molar-refractivity contribution in [2.45, 2.75) is 185 Å². The Bertz CT molecular complexity index is 797. The van der Waals surface area contributed by atoms with Gasteiger partial charge in [-0.05, 0) is 111 Å². The van der Waals surface area contributed by atoms with Crippen LogP contribution < -0.4 is 0 Å². The van der Waals surface area contributed by atoms with Crippen LogP contribution in [0.15, 0.2) is 0 Å². The summed E-state index contributed by atoms with van der Waals surface area (Å²) >= 11 is 0. The highest BCUT2D eigenvalue weighted by Gasteiger charge is 2.43. The molecule has 0 aromatic rings. The molecule has 4 atom stereocenters. The lowest BCUT2D eigenvalue weighted by atomic mass is 9.72. The van der Waals surface area contributed by atoms with Crippen LogP contribution in [0.3, 0.4) is 0 Å². The van der Waals surface area contributed by atoms with Gasteiger partial charge in [-0.25, -0.2) is 0 Å². The van der Waals surface area contributed by atoms with Crippen LogP contribution >= 0.6 is 0 Å². The van der Waals surface area contributed by atoms with Gasteiger partial charge in [0.05, 0.1) is 48.1 Å². The molecular formula is C38H76O6. The molecule has 0 fully saturated rings. The second-order valence-electron chi connectivity index (χ2n) is 16.7. The van der Waals surface area contributed by atoms with Crippen molar-refractivity contribution in [3.63, 3.8) is 0 Å². The van der Waals surface area contributed by atoms with E-state index in [0.717, 1.165) is 45.1 Å². The summed E-state index contributed by atoms with van der Waals surface area (Å²) in [7, 11) is 0. The second-order valence-corrected chi connectivity index (χ2v) is 16.7. The summed E-state index contributed by atoms with van der Waals surface area (Å²) in [6, 6.07) is 0. The topological polar surface area (TPSA) is 63.2 Å². The molecule has 0 aromatic carbocycles. The third kappa shape index (κ3) is 15.3. The number of ether oxygens (including phenoxy) is 5. The van der Waals surface area contributed by atoms with Crippen LogP contribution in [-0.2, 0) is 28.5 Å². The van der Waals surface area contributed by atoms with Crippen LogP contribution in [-0.4, -0.2) is 61.4 Å². The summed E-state index contributed by atoms with van der Waals surface area (Å²) in [6.45, 7) is 39.0. The molecule has 0 rings (SSSR count). The Balaban J connectivity index is 4.86. The summed E-state index contributed by atoms with van der Waals surface area (Å²) in [4.78, 5) is 12.9. The highest BCUT2D eigenvalue weighted by molar-refractivity contribution is 5.72. The summed E-state index contributed by atoms with van der Waals surface area (Å²) in [5.74, 6) is 0.706. The van der Waals surface area contributed by atoms with Crippen molar-refractivity contribution in [1.29, 1.82) is 0 Å². The predicted molar refractivity (Wildman–Crippen MR) is 185 cm³/mol. The Morgan fingerprint density at radius 2 is 1.25 bits per heavy atom.